The van der Waals surface area contributed by atoms with E-state index in [0.29, 0.717) is 12.2 Å². The molecule has 1 aromatic heterocycles. The molecule has 0 aliphatic carbocycles. The van der Waals surface area contributed by atoms with Gasteiger partial charge in [-0.15, -0.1) is 0 Å². The van der Waals surface area contributed by atoms with E-state index in [-0.39, 0.29) is 5.49 Å². The topological polar surface area (TPSA) is 78.9 Å². The Hall–Kier alpha value is -1.91. The van der Waals surface area contributed by atoms with Crippen LogP contribution in [0.1, 0.15) is 17.3 Å². The van der Waals surface area contributed by atoms with Crippen LogP contribution in [0.15, 0.2) is 18.3 Å². The lowest BCUT2D eigenvalue weighted by Crippen LogP contribution is -2.20. The molecular formula is C9H11N3O2. The number of hydrogen-bond acceptors (Lipinski definition) is 4. The quantitative estimate of drug-likeness (QED) is 0.419. The fourth-order valence-corrected chi connectivity index (χ4v) is 0.965. The third-order valence-electron chi connectivity index (χ3n) is 1.64. The minimum Gasteiger partial charge on any atom is -0.462 e. The number of esters is 1. The van der Waals surface area contributed by atoms with Gasteiger partial charge in [0.25, 0.3) is 0 Å². The molecule has 14 heavy (non-hydrogen) atoms. The molecule has 5 heteroatoms. The van der Waals surface area contributed by atoms with Gasteiger partial charge in [0.2, 0.25) is 0 Å². The first-order valence-corrected chi connectivity index (χ1v) is 4.13. The zero-order valence-electron chi connectivity index (χ0n) is 7.78. The van der Waals surface area contributed by atoms with Crippen LogP contribution in [0.5, 0.6) is 0 Å². The Morgan fingerprint density at radius 2 is 2.43 bits per heavy atom. The Kier molecular flexibility index (Phi) is 3.17. The summed E-state index contributed by atoms with van der Waals surface area (Å²) in [4.78, 5) is 11.2. The van der Waals surface area contributed by atoms with Crippen LogP contribution in [0.2, 0.25) is 0 Å². The smallest absolute Gasteiger partial charge is 0.338 e. The molecule has 2 N–H and O–H groups in total. The maximum absolute atomic E-state index is 11.2. The molecule has 0 amide bonds. The van der Waals surface area contributed by atoms with Crippen LogP contribution in [0.4, 0.5) is 0 Å². The van der Waals surface area contributed by atoms with Crippen LogP contribution in [-0.2, 0) is 4.74 Å². The normalized spacial score (nSPS) is 9.50. The number of pyridine rings is 1. The van der Waals surface area contributed by atoms with Gasteiger partial charge >= 0.3 is 5.97 Å². The van der Waals surface area contributed by atoms with Crippen molar-refractivity contribution in [2.75, 3.05) is 6.61 Å². The lowest BCUT2D eigenvalue weighted by molar-refractivity contribution is 0.0526. The highest BCUT2D eigenvalue weighted by atomic mass is 16.5. The summed E-state index contributed by atoms with van der Waals surface area (Å²) >= 11 is 0. The van der Waals surface area contributed by atoms with Crippen molar-refractivity contribution >= 4 is 12.3 Å². The van der Waals surface area contributed by atoms with E-state index in [2.05, 4.69) is 0 Å². The third kappa shape index (κ3) is 2.07. The molecule has 0 bridgehead atoms. The first kappa shape index (κ1) is 10.2. The van der Waals surface area contributed by atoms with Gasteiger partial charge in [-0.2, -0.15) is 0 Å². The molecule has 0 unspecified atom stereocenters. The molecule has 1 heterocycles. The van der Waals surface area contributed by atoms with Crippen molar-refractivity contribution in [3.05, 3.63) is 29.4 Å². The van der Waals surface area contributed by atoms with Gasteiger partial charge < -0.3 is 4.74 Å². The van der Waals surface area contributed by atoms with E-state index in [0.717, 1.165) is 6.34 Å². The van der Waals surface area contributed by atoms with Crippen molar-refractivity contribution in [1.82, 2.24) is 4.57 Å². The molecule has 74 valence electrons. The summed E-state index contributed by atoms with van der Waals surface area (Å²) in [6.45, 7) is 2.03. The van der Waals surface area contributed by atoms with Crippen molar-refractivity contribution in [2.24, 2.45) is 0 Å². The van der Waals surface area contributed by atoms with E-state index in [1.807, 2.05) is 0 Å². The number of carbonyl (C=O) groups excluding carboxylic acids is 1. The number of rotatable bonds is 3. The van der Waals surface area contributed by atoms with E-state index in [9.17, 15) is 4.79 Å². The van der Waals surface area contributed by atoms with E-state index in [4.69, 9.17) is 15.6 Å². The van der Waals surface area contributed by atoms with Crippen molar-refractivity contribution in [1.29, 1.82) is 10.8 Å². The number of hydrogen-bond donors (Lipinski definition) is 2. The van der Waals surface area contributed by atoms with Gasteiger partial charge in [0.1, 0.15) is 5.49 Å². The predicted molar refractivity (Wildman–Crippen MR) is 50.4 cm³/mol. The van der Waals surface area contributed by atoms with E-state index >= 15 is 0 Å². The highest BCUT2D eigenvalue weighted by Crippen LogP contribution is 1.97. The van der Waals surface area contributed by atoms with Crippen LogP contribution in [-0.4, -0.2) is 23.5 Å². The van der Waals surface area contributed by atoms with Crippen molar-refractivity contribution in [3.63, 3.8) is 0 Å². The molecule has 5 nitrogen and oxygen atoms in total. The first-order valence-electron chi connectivity index (χ1n) is 4.13. The molecule has 1 rings (SSSR count). The van der Waals surface area contributed by atoms with Crippen LogP contribution >= 0.6 is 0 Å². The van der Waals surface area contributed by atoms with E-state index in [1.54, 1.807) is 6.92 Å². The van der Waals surface area contributed by atoms with Gasteiger partial charge in [0.05, 0.1) is 18.5 Å². The molecule has 0 spiro atoms. The average molecular weight is 193 g/mol. The zero-order chi connectivity index (χ0) is 10.6. The third-order valence-corrected chi connectivity index (χ3v) is 1.64. The fraction of sp³-hybridized carbons (Fsp3) is 0.222. The van der Waals surface area contributed by atoms with Gasteiger partial charge in [0, 0.05) is 6.20 Å². The molecule has 0 aliphatic rings. The molecule has 1 aromatic rings. The van der Waals surface area contributed by atoms with E-state index < -0.39 is 5.97 Å². The molecule has 0 aromatic carbocycles. The summed E-state index contributed by atoms with van der Waals surface area (Å²) in [6.07, 6.45) is 2.47. The van der Waals surface area contributed by atoms with Crippen molar-refractivity contribution in [3.8, 4) is 0 Å². The Labute approximate surface area is 81.0 Å². The number of nitrogens with one attached hydrogen (secondary N) is 2. The Morgan fingerprint density at radius 1 is 1.71 bits per heavy atom. The van der Waals surface area contributed by atoms with Gasteiger partial charge in [-0.1, -0.05) is 0 Å². The molecule has 0 aliphatic heterocycles. The van der Waals surface area contributed by atoms with Crippen molar-refractivity contribution < 1.29 is 9.53 Å². The predicted octanol–water partition coefficient (Wildman–Crippen LogP) is 0.599. The Bertz CT molecular complexity index is 409. The molecule has 0 saturated carbocycles. The molecule has 0 radical (unpaired) electrons. The van der Waals surface area contributed by atoms with Crippen LogP contribution in [0.3, 0.4) is 0 Å². The van der Waals surface area contributed by atoms with Gasteiger partial charge in [-0.3, -0.25) is 15.4 Å². The van der Waals surface area contributed by atoms with Crippen molar-refractivity contribution in [2.45, 2.75) is 6.92 Å². The summed E-state index contributed by atoms with van der Waals surface area (Å²) in [5.41, 5.74) is 0.403. The SMILES string of the molecule is CCOC(=O)c1ccn(C=N)c(=N)c1. The highest BCUT2D eigenvalue weighted by molar-refractivity contribution is 5.89. The van der Waals surface area contributed by atoms with Crippen LogP contribution in [0.25, 0.3) is 0 Å². The second-order valence-electron chi connectivity index (χ2n) is 2.56. The summed E-state index contributed by atoms with van der Waals surface area (Å²) in [5, 5.41) is 14.4. The Balaban J connectivity index is 3.03. The summed E-state index contributed by atoms with van der Waals surface area (Å²) < 4.78 is 6.05. The molecule has 0 saturated heterocycles. The monoisotopic (exact) mass is 193 g/mol. The van der Waals surface area contributed by atoms with E-state index in [1.165, 1.54) is 22.9 Å². The maximum atomic E-state index is 11.2. The lowest BCUT2D eigenvalue weighted by Gasteiger charge is -2.02. The lowest BCUT2D eigenvalue weighted by atomic mass is 10.3. The fourth-order valence-electron chi connectivity index (χ4n) is 0.965. The van der Waals surface area contributed by atoms with Crippen LogP contribution < -0.4 is 5.49 Å². The van der Waals surface area contributed by atoms with Gasteiger partial charge in [-0.25, -0.2) is 4.79 Å². The summed E-state index contributed by atoms with van der Waals surface area (Å²) in [7, 11) is 0. The zero-order valence-corrected chi connectivity index (χ0v) is 7.78. The minimum absolute atomic E-state index is 0.0746. The largest absolute Gasteiger partial charge is 0.462 e. The Morgan fingerprint density at radius 3 is 2.93 bits per heavy atom. The highest BCUT2D eigenvalue weighted by Gasteiger charge is 2.05. The average Bonchev–Trinajstić information content (AvgIpc) is 2.18. The number of aromatic nitrogens is 1. The second kappa shape index (κ2) is 4.36. The van der Waals surface area contributed by atoms with Crippen LogP contribution in [0, 0.1) is 10.8 Å². The minimum atomic E-state index is -0.446. The number of nitrogens with zero attached hydrogens (tertiary/aromatic N) is 1. The summed E-state index contributed by atoms with van der Waals surface area (Å²) in [6, 6.07) is 2.88. The molecule has 0 fully saturated rings. The standard InChI is InChI=1S/C9H11N3O2/c1-2-14-9(13)7-3-4-12(6-10)8(11)5-7/h3-6,10-11H,2H2,1H3. The molecule has 0 atom stereocenters. The molecular weight excluding hydrogens is 182 g/mol. The number of carbonyl (C=O) groups is 1. The number of ether oxygens (including phenoxy) is 1. The maximum Gasteiger partial charge on any atom is 0.338 e. The van der Waals surface area contributed by atoms with Gasteiger partial charge in [-0.05, 0) is 19.1 Å². The van der Waals surface area contributed by atoms with Gasteiger partial charge in [0.15, 0.2) is 0 Å². The summed E-state index contributed by atoms with van der Waals surface area (Å²) in [5.74, 6) is -0.446. The first-order chi connectivity index (χ1) is 6.69. The second-order valence-corrected chi connectivity index (χ2v) is 2.56.